The van der Waals surface area contributed by atoms with Crippen LogP contribution in [0.2, 0.25) is 0 Å². The first-order valence-electron chi connectivity index (χ1n) is 5.50. The van der Waals surface area contributed by atoms with Crippen LogP contribution in [-0.2, 0) is 4.79 Å². The molecule has 1 amide bonds. The SMILES string of the molecule is CC(=O)N1CC(c2ccccc2)CC1C. The lowest BCUT2D eigenvalue weighted by Crippen LogP contribution is -2.31. The molecule has 2 unspecified atom stereocenters. The van der Waals surface area contributed by atoms with Crippen LogP contribution in [0.1, 0.15) is 31.7 Å². The summed E-state index contributed by atoms with van der Waals surface area (Å²) in [5.74, 6) is 0.714. The summed E-state index contributed by atoms with van der Waals surface area (Å²) in [7, 11) is 0. The number of likely N-dealkylation sites (tertiary alicyclic amines) is 1. The molecule has 2 atom stereocenters. The molecule has 2 nitrogen and oxygen atoms in total. The van der Waals surface area contributed by atoms with Gasteiger partial charge in [-0.3, -0.25) is 4.79 Å². The van der Waals surface area contributed by atoms with Gasteiger partial charge in [0, 0.05) is 25.4 Å². The Kier molecular flexibility index (Phi) is 2.76. The first kappa shape index (κ1) is 10.2. The summed E-state index contributed by atoms with van der Waals surface area (Å²) in [6, 6.07) is 10.9. The standard InChI is InChI=1S/C13H17NO/c1-10-8-13(9-14(10)11(2)15)12-6-4-3-5-7-12/h3-7,10,13H,8-9H2,1-2H3. The molecule has 15 heavy (non-hydrogen) atoms. The summed E-state index contributed by atoms with van der Waals surface area (Å²) in [6.07, 6.45) is 1.09. The smallest absolute Gasteiger partial charge is 0.219 e. The van der Waals surface area contributed by atoms with Gasteiger partial charge in [0.05, 0.1) is 0 Å². The van der Waals surface area contributed by atoms with E-state index >= 15 is 0 Å². The lowest BCUT2D eigenvalue weighted by Gasteiger charge is -2.18. The maximum atomic E-state index is 11.4. The summed E-state index contributed by atoms with van der Waals surface area (Å²) >= 11 is 0. The second-order valence-electron chi connectivity index (χ2n) is 4.36. The number of carbonyl (C=O) groups is 1. The Bertz CT molecular complexity index is 347. The van der Waals surface area contributed by atoms with Crippen LogP contribution < -0.4 is 0 Å². The Labute approximate surface area is 90.9 Å². The van der Waals surface area contributed by atoms with Gasteiger partial charge in [-0.1, -0.05) is 30.3 Å². The fraction of sp³-hybridized carbons (Fsp3) is 0.462. The van der Waals surface area contributed by atoms with Crippen molar-refractivity contribution in [1.29, 1.82) is 0 Å². The summed E-state index contributed by atoms with van der Waals surface area (Å²) in [4.78, 5) is 13.3. The number of nitrogens with zero attached hydrogens (tertiary/aromatic N) is 1. The van der Waals surface area contributed by atoms with E-state index in [2.05, 4.69) is 31.2 Å². The predicted molar refractivity (Wildman–Crippen MR) is 60.6 cm³/mol. The van der Waals surface area contributed by atoms with E-state index < -0.39 is 0 Å². The van der Waals surface area contributed by atoms with Crippen molar-refractivity contribution in [3.05, 3.63) is 35.9 Å². The summed E-state index contributed by atoms with van der Waals surface area (Å²) in [6.45, 7) is 4.66. The highest BCUT2D eigenvalue weighted by Crippen LogP contribution is 2.31. The van der Waals surface area contributed by atoms with Gasteiger partial charge in [-0.05, 0) is 18.9 Å². The van der Waals surface area contributed by atoms with Gasteiger partial charge in [0.2, 0.25) is 5.91 Å². The third kappa shape index (κ3) is 2.04. The minimum Gasteiger partial charge on any atom is -0.340 e. The van der Waals surface area contributed by atoms with Crippen molar-refractivity contribution in [1.82, 2.24) is 4.90 Å². The first-order valence-corrected chi connectivity index (χ1v) is 5.50. The van der Waals surface area contributed by atoms with Gasteiger partial charge >= 0.3 is 0 Å². The predicted octanol–water partition coefficient (Wildman–Crippen LogP) is 2.41. The Morgan fingerprint density at radius 2 is 2.00 bits per heavy atom. The Balaban J connectivity index is 2.13. The van der Waals surface area contributed by atoms with Crippen molar-refractivity contribution in [3.8, 4) is 0 Å². The van der Waals surface area contributed by atoms with Crippen LogP contribution in [-0.4, -0.2) is 23.4 Å². The van der Waals surface area contributed by atoms with E-state index in [1.54, 1.807) is 6.92 Å². The second kappa shape index (κ2) is 4.05. The maximum absolute atomic E-state index is 11.4. The average Bonchev–Trinajstić information content (AvgIpc) is 2.62. The van der Waals surface area contributed by atoms with Gasteiger partial charge < -0.3 is 4.90 Å². The topological polar surface area (TPSA) is 20.3 Å². The fourth-order valence-corrected chi connectivity index (χ4v) is 2.44. The zero-order valence-corrected chi connectivity index (χ0v) is 9.31. The van der Waals surface area contributed by atoms with Crippen molar-refractivity contribution in [2.75, 3.05) is 6.54 Å². The van der Waals surface area contributed by atoms with Gasteiger partial charge in [0.15, 0.2) is 0 Å². The highest BCUT2D eigenvalue weighted by atomic mass is 16.2. The lowest BCUT2D eigenvalue weighted by molar-refractivity contribution is -0.129. The van der Waals surface area contributed by atoms with Crippen LogP contribution in [0.25, 0.3) is 0 Å². The van der Waals surface area contributed by atoms with E-state index in [9.17, 15) is 4.79 Å². The Morgan fingerprint density at radius 3 is 2.53 bits per heavy atom. The number of hydrogen-bond donors (Lipinski definition) is 0. The number of hydrogen-bond acceptors (Lipinski definition) is 1. The minimum absolute atomic E-state index is 0.195. The highest BCUT2D eigenvalue weighted by Gasteiger charge is 2.31. The van der Waals surface area contributed by atoms with Gasteiger partial charge in [-0.25, -0.2) is 0 Å². The van der Waals surface area contributed by atoms with E-state index in [0.29, 0.717) is 12.0 Å². The second-order valence-corrected chi connectivity index (χ2v) is 4.36. The molecule has 0 saturated carbocycles. The lowest BCUT2D eigenvalue weighted by atomic mass is 9.97. The monoisotopic (exact) mass is 203 g/mol. The number of amides is 1. The molecule has 0 aliphatic carbocycles. The van der Waals surface area contributed by atoms with E-state index in [4.69, 9.17) is 0 Å². The number of benzene rings is 1. The van der Waals surface area contributed by atoms with Crippen LogP contribution in [0.3, 0.4) is 0 Å². The van der Waals surface area contributed by atoms with Gasteiger partial charge in [-0.2, -0.15) is 0 Å². The average molecular weight is 203 g/mol. The Hall–Kier alpha value is -1.31. The molecule has 1 heterocycles. The van der Waals surface area contributed by atoms with Crippen molar-refractivity contribution in [2.24, 2.45) is 0 Å². The quantitative estimate of drug-likeness (QED) is 0.686. The number of carbonyl (C=O) groups excluding carboxylic acids is 1. The molecule has 2 heteroatoms. The third-order valence-corrected chi connectivity index (χ3v) is 3.25. The van der Waals surface area contributed by atoms with Gasteiger partial charge in [0.1, 0.15) is 0 Å². The minimum atomic E-state index is 0.195. The first-order chi connectivity index (χ1) is 7.18. The van der Waals surface area contributed by atoms with Gasteiger partial charge in [-0.15, -0.1) is 0 Å². The van der Waals surface area contributed by atoms with E-state index in [0.717, 1.165) is 13.0 Å². The molecule has 0 spiro atoms. The van der Waals surface area contributed by atoms with Crippen LogP contribution in [0.15, 0.2) is 30.3 Å². The van der Waals surface area contributed by atoms with Crippen molar-refractivity contribution < 1.29 is 4.79 Å². The normalized spacial score (nSPS) is 25.6. The van der Waals surface area contributed by atoms with Gasteiger partial charge in [0.25, 0.3) is 0 Å². The molecule has 1 aromatic carbocycles. The van der Waals surface area contributed by atoms with Crippen LogP contribution in [0.5, 0.6) is 0 Å². The largest absolute Gasteiger partial charge is 0.340 e. The summed E-state index contributed by atoms with van der Waals surface area (Å²) in [5, 5.41) is 0. The summed E-state index contributed by atoms with van der Waals surface area (Å²) in [5.41, 5.74) is 1.35. The van der Waals surface area contributed by atoms with Crippen molar-refractivity contribution in [3.63, 3.8) is 0 Å². The molecule has 1 fully saturated rings. The van der Waals surface area contributed by atoms with Crippen LogP contribution in [0, 0.1) is 0 Å². The summed E-state index contributed by atoms with van der Waals surface area (Å²) < 4.78 is 0. The van der Waals surface area contributed by atoms with E-state index in [1.165, 1.54) is 5.56 Å². The Morgan fingerprint density at radius 1 is 1.33 bits per heavy atom. The molecular weight excluding hydrogens is 186 g/mol. The van der Waals surface area contributed by atoms with Crippen molar-refractivity contribution >= 4 is 5.91 Å². The molecular formula is C13H17NO. The molecule has 1 aliphatic rings. The highest BCUT2D eigenvalue weighted by molar-refractivity contribution is 5.74. The molecule has 80 valence electrons. The van der Waals surface area contributed by atoms with E-state index in [1.807, 2.05) is 11.0 Å². The molecule has 0 aromatic heterocycles. The third-order valence-electron chi connectivity index (χ3n) is 3.25. The fourth-order valence-electron chi connectivity index (χ4n) is 2.44. The molecule has 1 aromatic rings. The van der Waals surface area contributed by atoms with Crippen LogP contribution >= 0.6 is 0 Å². The molecule has 0 N–H and O–H groups in total. The maximum Gasteiger partial charge on any atom is 0.219 e. The molecule has 0 bridgehead atoms. The zero-order chi connectivity index (χ0) is 10.8. The molecule has 0 radical (unpaired) electrons. The molecule has 2 rings (SSSR count). The van der Waals surface area contributed by atoms with Crippen molar-refractivity contribution in [2.45, 2.75) is 32.2 Å². The zero-order valence-electron chi connectivity index (χ0n) is 9.31. The van der Waals surface area contributed by atoms with Crippen LogP contribution in [0.4, 0.5) is 0 Å². The van der Waals surface area contributed by atoms with E-state index in [-0.39, 0.29) is 5.91 Å². The molecule has 1 aliphatic heterocycles. The number of rotatable bonds is 1. The molecule has 1 saturated heterocycles.